The predicted molar refractivity (Wildman–Crippen MR) is 86.2 cm³/mol. The Labute approximate surface area is 139 Å². The molecule has 1 unspecified atom stereocenters. The van der Waals surface area contributed by atoms with Gasteiger partial charge in [0, 0.05) is 17.6 Å². The molecule has 9 heteroatoms. The minimum absolute atomic E-state index is 0.0121. The van der Waals surface area contributed by atoms with Crippen LogP contribution in [0.2, 0.25) is 5.02 Å². The molecule has 1 aromatic rings. The number of likely N-dealkylation sites (N-methyl/N-ethyl adjacent to an activating group) is 1. The lowest BCUT2D eigenvalue weighted by atomic mass is 10.2. The monoisotopic (exact) mass is 360 g/mol. The minimum Gasteiger partial charge on any atom is -0.506 e. The quantitative estimate of drug-likeness (QED) is 0.618. The van der Waals surface area contributed by atoms with Gasteiger partial charge in [-0.3, -0.25) is 9.59 Å². The Morgan fingerprint density at radius 3 is 2.70 bits per heavy atom. The Hall–Kier alpha value is -1.80. The fourth-order valence-corrected chi connectivity index (χ4v) is 4.41. The number of hydrogen-bond acceptors (Lipinski definition) is 5. The number of rotatable bonds is 3. The van der Waals surface area contributed by atoms with Crippen molar-refractivity contribution in [2.24, 2.45) is 0 Å². The molecular weight excluding hydrogens is 344 g/mol. The zero-order chi connectivity index (χ0) is 17.2. The molecule has 2 amide bonds. The number of anilines is 1. The smallest absolute Gasteiger partial charge is 0.314 e. The van der Waals surface area contributed by atoms with E-state index in [4.69, 9.17) is 11.6 Å². The molecule has 0 saturated carbocycles. The van der Waals surface area contributed by atoms with Crippen LogP contribution < -0.4 is 5.32 Å². The average molecular weight is 361 g/mol. The lowest BCUT2D eigenvalue weighted by molar-refractivity contribution is -0.144. The molecule has 1 heterocycles. The van der Waals surface area contributed by atoms with Gasteiger partial charge in [0.25, 0.3) is 0 Å². The Balaban J connectivity index is 2.11. The zero-order valence-corrected chi connectivity index (χ0v) is 14.0. The van der Waals surface area contributed by atoms with Gasteiger partial charge in [-0.15, -0.1) is 0 Å². The number of carbonyl (C=O) groups is 2. The molecule has 1 aromatic carbocycles. The van der Waals surface area contributed by atoms with Crippen molar-refractivity contribution in [1.29, 1.82) is 0 Å². The van der Waals surface area contributed by atoms with Crippen LogP contribution in [-0.4, -0.2) is 54.3 Å². The van der Waals surface area contributed by atoms with Crippen molar-refractivity contribution in [3.8, 4) is 5.75 Å². The highest BCUT2D eigenvalue weighted by Crippen LogP contribution is 2.26. The molecule has 0 aromatic heterocycles. The standard InChI is InChI=1S/C14H17ClN2O5S/c1-2-17(10-5-6-23(21,22)8-10)14(20)13(19)16-11-7-9(15)3-4-12(11)18/h3-4,7,10,18H,2,5-6,8H2,1H3,(H,16,19). The highest BCUT2D eigenvalue weighted by molar-refractivity contribution is 7.91. The molecular formula is C14H17ClN2O5S. The second kappa shape index (κ2) is 6.76. The van der Waals surface area contributed by atoms with E-state index in [2.05, 4.69) is 5.32 Å². The Bertz CT molecular complexity index is 735. The molecule has 1 aliphatic rings. The molecule has 126 valence electrons. The summed E-state index contributed by atoms with van der Waals surface area (Å²) in [5.74, 6) is -2.13. The Kier molecular flexibility index (Phi) is 5.16. The van der Waals surface area contributed by atoms with E-state index in [1.54, 1.807) is 6.92 Å². The fourth-order valence-electron chi connectivity index (χ4n) is 2.50. The topological polar surface area (TPSA) is 104 Å². The van der Waals surface area contributed by atoms with Crippen LogP contribution in [0, 0.1) is 0 Å². The summed E-state index contributed by atoms with van der Waals surface area (Å²) in [4.78, 5) is 25.6. The molecule has 1 fully saturated rings. The van der Waals surface area contributed by atoms with Gasteiger partial charge >= 0.3 is 11.8 Å². The summed E-state index contributed by atoms with van der Waals surface area (Å²) in [6, 6.07) is 3.55. The van der Waals surface area contributed by atoms with Crippen LogP contribution in [0.25, 0.3) is 0 Å². The highest BCUT2D eigenvalue weighted by Gasteiger charge is 2.36. The van der Waals surface area contributed by atoms with Crippen molar-refractivity contribution in [1.82, 2.24) is 4.90 Å². The van der Waals surface area contributed by atoms with Crippen LogP contribution in [0.5, 0.6) is 5.75 Å². The van der Waals surface area contributed by atoms with Crippen LogP contribution in [-0.2, 0) is 19.4 Å². The molecule has 0 radical (unpaired) electrons. The summed E-state index contributed by atoms with van der Waals surface area (Å²) in [5.41, 5.74) is 0.0194. The van der Waals surface area contributed by atoms with Gasteiger partial charge in [-0.05, 0) is 31.5 Å². The summed E-state index contributed by atoms with van der Waals surface area (Å²) < 4.78 is 23.1. The number of nitrogens with one attached hydrogen (secondary N) is 1. The van der Waals surface area contributed by atoms with Gasteiger partial charge in [-0.25, -0.2) is 8.42 Å². The first kappa shape index (κ1) is 17.6. The lowest BCUT2D eigenvalue weighted by Crippen LogP contribution is -2.46. The SMILES string of the molecule is CCN(C(=O)C(=O)Nc1cc(Cl)ccc1O)C1CCS(=O)(=O)C1. The Morgan fingerprint density at radius 2 is 2.13 bits per heavy atom. The van der Waals surface area contributed by atoms with E-state index in [9.17, 15) is 23.1 Å². The van der Waals surface area contributed by atoms with E-state index < -0.39 is 27.7 Å². The molecule has 1 atom stereocenters. The number of nitrogens with zero attached hydrogens (tertiary/aromatic N) is 1. The number of sulfone groups is 1. The van der Waals surface area contributed by atoms with Gasteiger partial charge < -0.3 is 15.3 Å². The molecule has 2 rings (SSSR count). The average Bonchev–Trinajstić information content (AvgIpc) is 2.83. The van der Waals surface area contributed by atoms with Crippen molar-refractivity contribution in [2.45, 2.75) is 19.4 Å². The minimum atomic E-state index is -3.16. The maximum atomic E-state index is 12.3. The number of hydrogen-bond donors (Lipinski definition) is 2. The van der Waals surface area contributed by atoms with Gasteiger partial charge in [-0.2, -0.15) is 0 Å². The largest absolute Gasteiger partial charge is 0.506 e. The maximum Gasteiger partial charge on any atom is 0.314 e. The van der Waals surface area contributed by atoms with Crippen LogP contribution in [0.3, 0.4) is 0 Å². The molecule has 1 aliphatic heterocycles. The van der Waals surface area contributed by atoms with Gasteiger partial charge in [0.05, 0.1) is 17.2 Å². The van der Waals surface area contributed by atoms with E-state index in [-0.39, 0.29) is 29.5 Å². The van der Waals surface area contributed by atoms with Crippen molar-refractivity contribution in [2.75, 3.05) is 23.4 Å². The van der Waals surface area contributed by atoms with Crippen molar-refractivity contribution >= 4 is 38.9 Å². The van der Waals surface area contributed by atoms with Gasteiger partial charge in [0.1, 0.15) is 5.75 Å². The van der Waals surface area contributed by atoms with E-state index in [1.165, 1.54) is 23.1 Å². The number of aromatic hydroxyl groups is 1. The van der Waals surface area contributed by atoms with Gasteiger partial charge in [0.15, 0.2) is 9.84 Å². The predicted octanol–water partition coefficient (Wildman–Crippen LogP) is 1.02. The van der Waals surface area contributed by atoms with Crippen LogP contribution in [0.1, 0.15) is 13.3 Å². The normalized spacial score (nSPS) is 19.3. The number of phenols is 1. The maximum absolute atomic E-state index is 12.3. The van der Waals surface area contributed by atoms with Gasteiger partial charge in [-0.1, -0.05) is 11.6 Å². The van der Waals surface area contributed by atoms with Crippen molar-refractivity contribution < 1.29 is 23.1 Å². The molecule has 0 spiro atoms. The third-order valence-corrected chi connectivity index (χ3v) is 5.64. The summed E-state index contributed by atoms with van der Waals surface area (Å²) >= 11 is 5.78. The van der Waals surface area contributed by atoms with E-state index in [1.807, 2.05) is 0 Å². The van der Waals surface area contributed by atoms with Crippen LogP contribution >= 0.6 is 11.6 Å². The molecule has 1 saturated heterocycles. The molecule has 0 aliphatic carbocycles. The number of amides is 2. The Morgan fingerprint density at radius 1 is 1.43 bits per heavy atom. The first-order valence-electron chi connectivity index (χ1n) is 7.04. The van der Waals surface area contributed by atoms with Crippen LogP contribution in [0.4, 0.5) is 5.69 Å². The lowest BCUT2D eigenvalue weighted by Gasteiger charge is -2.26. The first-order valence-corrected chi connectivity index (χ1v) is 9.24. The number of benzene rings is 1. The summed E-state index contributed by atoms with van der Waals surface area (Å²) in [6.45, 7) is 1.89. The number of halogens is 1. The molecule has 7 nitrogen and oxygen atoms in total. The summed E-state index contributed by atoms with van der Waals surface area (Å²) in [6.07, 6.45) is 0.317. The summed E-state index contributed by atoms with van der Waals surface area (Å²) in [5, 5.41) is 12.3. The highest BCUT2D eigenvalue weighted by atomic mass is 35.5. The van der Waals surface area contributed by atoms with E-state index in [0.717, 1.165) is 0 Å². The van der Waals surface area contributed by atoms with Crippen molar-refractivity contribution in [3.63, 3.8) is 0 Å². The second-order valence-electron chi connectivity index (χ2n) is 5.26. The van der Waals surface area contributed by atoms with E-state index in [0.29, 0.717) is 11.4 Å². The zero-order valence-electron chi connectivity index (χ0n) is 12.5. The third-order valence-electron chi connectivity index (χ3n) is 3.65. The molecule has 23 heavy (non-hydrogen) atoms. The molecule has 0 bridgehead atoms. The first-order chi connectivity index (χ1) is 10.7. The third kappa shape index (κ3) is 4.14. The van der Waals surface area contributed by atoms with Crippen molar-refractivity contribution in [3.05, 3.63) is 23.2 Å². The summed E-state index contributed by atoms with van der Waals surface area (Å²) in [7, 11) is -3.16. The number of phenolic OH excluding ortho intramolecular Hbond substituents is 1. The second-order valence-corrected chi connectivity index (χ2v) is 7.93. The fraction of sp³-hybridized carbons (Fsp3) is 0.429. The molecule has 2 N–H and O–H groups in total. The van der Waals surface area contributed by atoms with Crippen LogP contribution in [0.15, 0.2) is 18.2 Å². The van der Waals surface area contributed by atoms with Gasteiger partial charge in [0.2, 0.25) is 0 Å². The van der Waals surface area contributed by atoms with E-state index >= 15 is 0 Å². The number of carbonyl (C=O) groups excluding carboxylic acids is 2.